The van der Waals surface area contributed by atoms with Gasteiger partial charge in [-0.05, 0) is 19.8 Å². The number of carbonyl (C=O) groups excluding carboxylic acids is 1. The Hall–Kier alpha value is -0.610. The van der Waals surface area contributed by atoms with E-state index >= 15 is 0 Å². The summed E-state index contributed by atoms with van der Waals surface area (Å²) in [7, 11) is 0. The van der Waals surface area contributed by atoms with Crippen molar-refractivity contribution in [2.75, 3.05) is 6.61 Å². The second kappa shape index (κ2) is 3.41. The van der Waals surface area contributed by atoms with Gasteiger partial charge in [-0.25, -0.2) is 0 Å². The van der Waals surface area contributed by atoms with Crippen molar-refractivity contribution in [2.24, 2.45) is 11.5 Å². The van der Waals surface area contributed by atoms with Gasteiger partial charge >= 0.3 is 0 Å². The molecule has 1 amide bonds. The third kappa shape index (κ3) is 2.46. The van der Waals surface area contributed by atoms with Crippen LogP contribution in [0.5, 0.6) is 0 Å². The highest BCUT2D eigenvalue weighted by molar-refractivity contribution is 5.75. The van der Waals surface area contributed by atoms with Crippen LogP contribution in [0.25, 0.3) is 0 Å². The fraction of sp³-hybridized carbons (Fsp3) is 0.875. The predicted molar refractivity (Wildman–Crippen MR) is 45.4 cm³/mol. The molecule has 2 atom stereocenters. The summed E-state index contributed by atoms with van der Waals surface area (Å²) in [5.74, 6) is -0.351. The minimum Gasteiger partial charge on any atom is -0.377 e. The number of rotatable bonds is 2. The van der Waals surface area contributed by atoms with Crippen LogP contribution >= 0.6 is 0 Å². The molecule has 0 aromatic carbocycles. The van der Waals surface area contributed by atoms with E-state index in [-0.39, 0.29) is 18.4 Å². The van der Waals surface area contributed by atoms with Crippen LogP contribution in [0.2, 0.25) is 0 Å². The maximum absolute atomic E-state index is 10.6. The molecule has 0 aromatic rings. The molecule has 1 saturated heterocycles. The van der Waals surface area contributed by atoms with E-state index < -0.39 is 5.54 Å². The van der Waals surface area contributed by atoms with Crippen LogP contribution in [-0.4, -0.2) is 24.2 Å². The first-order chi connectivity index (χ1) is 5.52. The number of primary amides is 1. The van der Waals surface area contributed by atoms with Crippen LogP contribution < -0.4 is 11.5 Å². The summed E-state index contributed by atoms with van der Waals surface area (Å²) in [5.41, 5.74) is 10.4. The maximum Gasteiger partial charge on any atom is 0.219 e. The second-order valence-corrected chi connectivity index (χ2v) is 3.67. The number of carbonyl (C=O) groups is 1. The molecule has 0 saturated carbocycles. The molecule has 1 fully saturated rings. The van der Waals surface area contributed by atoms with E-state index in [1.165, 1.54) is 0 Å². The van der Waals surface area contributed by atoms with Gasteiger partial charge in [-0.1, -0.05) is 0 Å². The summed E-state index contributed by atoms with van der Waals surface area (Å²) < 4.78 is 5.36. The van der Waals surface area contributed by atoms with Crippen molar-refractivity contribution in [3.8, 4) is 0 Å². The molecule has 1 aliphatic rings. The molecule has 4 nitrogen and oxygen atoms in total. The molecule has 4 heteroatoms. The number of hydrogen-bond acceptors (Lipinski definition) is 3. The van der Waals surface area contributed by atoms with Crippen molar-refractivity contribution in [3.63, 3.8) is 0 Å². The lowest BCUT2D eigenvalue weighted by molar-refractivity contribution is -0.121. The summed E-state index contributed by atoms with van der Waals surface area (Å²) in [6.07, 6.45) is 2.20. The summed E-state index contributed by atoms with van der Waals surface area (Å²) in [4.78, 5) is 10.6. The van der Waals surface area contributed by atoms with E-state index in [4.69, 9.17) is 16.2 Å². The molecule has 70 valence electrons. The van der Waals surface area contributed by atoms with Crippen molar-refractivity contribution in [1.82, 2.24) is 0 Å². The lowest BCUT2D eigenvalue weighted by atomic mass is 9.88. The highest BCUT2D eigenvalue weighted by atomic mass is 16.5. The molecule has 1 rings (SSSR count). The smallest absolute Gasteiger partial charge is 0.219 e. The second-order valence-electron chi connectivity index (χ2n) is 3.67. The highest BCUT2D eigenvalue weighted by Gasteiger charge is 2.32. The molecule has 0 aliphatic carbocycles. The minimum absolute atomic E-state index is 0.222. The van der Waals surface area contributed by atoms with Gasteiger partial charge < -0.3 is 16.2 Å². The van der Waals surface area contributed by atoms with Crippen molar-refractivity contribution in [2.45, 2.75) is 37.8 Å². The first kappa shape index (κ1) is 9.48. The average Bonchev–Trinajstić information content (AvgIpc) is 1.94. The normalized spacial score (nSPS) is 36.3. The maximum atomic E-state index is 10.6. The Bertz CT molecular complexity index is 174. The van der Waals surface area contributed by atoms with Crippen LogP contribution in [-0.2, 0) is 9.53 Å². The summed E-state index contributed by atoms with van der Waals surface area (Å²) >= 11 is 0. The number of nitrogens with two attached hydrogens (primary N) is 2. The highest BCUT2D eigenvalue weighted by Crippen LogP contribution is 2.23. The van der Waals surface area contributed by atoms with Gasteiger partial charge in [-0.3, -0.25) is 4.79 Å². The fourth-order valence-corrected chi connectivity index (χ4v) is 1.44. The van der Waals surface area contributed by atoms with Gasteiger partial charge in [0.1, 0.15) is 0 Å². The van der Waals surface area contributed by atoms with E-state index in [0.717, 1.165) is 12.8 Å². The van der Waals surface area contributed by atoms with Crippen LogP contribution in [0.4, 0.5) is 0 Å². The van der Waals surface area contributed by atoms with Crippen molar-refractivity contribution in [3.05, 3.63) is 0 Å². The average molecular weight is 172 g/mol. The Morgan fingerprint density at radius 2 is 2.42 bits per heavy atom. The van der Waals surface area contributed by atoms with Gasteiger partial charge in [-0.2, -0.15) is 0 Å². The van der Waals surface area contributed by atoms with Gasteiger partial charge in [0.05, 0.1) is 12.7 Å². The van der Waals surface area contributed by atoms with E-state index in [1.54, 1.807) is 0 Å². The lowest BCUT2D eigenvalue weighted by Gasteiger charge is -2.35. The molecule has 1 aliphatic heterocycles. The summed E-state index contributed by atoms with van der Waals surface area (Å²) in [6.45, 7) is 2.45. The Balaban J connectivity index is 2.44. The van der Waals surface area contributed by atoms with E-state index in [9.17, 15) is 4.79 Å². The van der Waals surface area contributed by atoms with Crippen LogP contribution in [0.15, 0.2) is 0 Å². The molecule has 12 heavy (non-hydrogen) atoms. The molecule has 2 unspecified atom stereocenters. The third-order valence-electron chi connectivity index (χ3n) is 2.23. The Morgan fingerprint density at radius 1 is 1.75 bits per heavy atom. The summed E-state index contributed by atoms with van der Waals surface area (Å²) in [6, 6.07) is 0. The zero-order valence-electron chi connectivity index (χ0n) is 7.38. The molecular weight excluding hydrogens is 156 g/mol. The van der Waals surface area contributed by atoms with Gasteiger partial charge in [0.25, 0.3) is 0 Å². The standard InChI is InChI=1S/C8H16N2O2/c1-6-2-3-8(10,5-12-6)4-7(9)11/h6H,2-5,10H2,1H3,(H2,9,11). The molecule has 1 heterocycles. The summed E-state index contributed by atoms with van der Waals surface area (Å²) in [5, 5.41) is 0. The first-order valence-electron chi connectivity index (χ1n) is 4.21. The Morgan fingerprint density at radius 3 is 2.83 bits per heavy atom. The van der Waals surface area contributed by atoms with Crippen LogP contribution in [0.1, 0.15) is 26.2 Å². The van der Waals surface area contributed by atoms with Gasteiger partial charge in [0.2, 0.25) is 5.91 Å². The Labute approximate surface area is 72.2 Å². The number of ether oxygens (including phenoxy) is 1. The minimum atomic E-state index is -0.516. The first-order valence-corrected chi connectivity index (χ1v) is 4.21. The van der Waals surface area contributed by atoms with E-state index in [2.05, 4.69) is 0 Å². The molecule has 0 bridgehead atoms. The molecule has 0 aromatic heterocycles. The topological polar surface area (TPSA) is 78.3 Å². The molecule has 4 N–H and O–H groups in total. The van der Waals surface area contributed by atoms with Crippen molar-refractivity contribution < 1.29 is 9.53 Å². The zero-order chi connectivity index (χ0) is 9.19. The number of amides is 1. The van der Waals surface area contributed by atoms with E-state index in [1.807, 2.05) is 6.92 Å². The lowest BCUT2D eigenvalue weighted by Crippen LogP contribution is -2.51. The third-order valence-corrected chi connectivity index (χ3v) is 2.23. The quantitative estimate of drug-likeness (QED) is 0.603. The van der Waals surface area contributed by atoms with Crippen molar-refractivity contribution >= 4 is 5.91 Å². The largest absolute Gasteiger partial charge is 0.377 e. The SMILES string of the molecule is CC1CCC(N)(CC(N)=O)CO1. The van der Waals surface area contributed by atoms with Gasteiger partial charge in [0, 0.05) is 12.0 Å². The van der Waals surface area contributed by atoms with Crippen LogP contribution in [0.3, 0.4) is 0 Å². The van der Waals surface area contributed by atoms with Gasteiger partial charge in [-0.15, -0.1) is 0 Å². The Kier molecular flexibility index (Phi) is 2.69. The fourth-order valence-electron chi connectivity index (χ4n) is 1.44. The van der Waals surface area contributed by atoms with Crippen LogP contribution in [0, 0.1) is 0 Å². The zero-order valence-corrected chi connectivity index (χ0v) is 7.38. The van der Waals surface area contributed by atoms with Gasteiger partial charge in [0.15, 0.2) is 0 Å². The predicted octanol–water partition coefficient (Wildman–Crippen LogP) is -0.242. The van der Waals surface area contributed by atoms with Crippen molar-refractivity contribution in [1.29, 1.82) is 0 Å². The monoisotopic (exact) mass is 172 g/mol. The molecule has 0 spiro atoms. The molecule has 0 radical (unpaired) electrons. The van der Waals surface area contributed by atoms with E-state index in [0.29, 0.717) is 6.61 Å². The molecular formula is C8H16N2O2. The number of hydrogen-bond donors (Lipinski definition) is 2.